The van der Waals surface area contributed by atoms with Gasteiger partial charge in [0.1, 0.15) is 23.0 Å². The molecular formula is C36H22BNO3. The Bertz CT molecular complexity index is 1990. The Morgan fingerprint density at radius 2 is 1.07 bits per heavy atom. The van der Waals surface area contributed by atoms with Gasteiger partial charge in [0.2, 0.25) is 0 Å². The van der Waals surface area contributed by atoms with Crippen LogP contribution in [0.1, 0.15) is 0 Å². The highest BCUT2D eigenvalue weighted by Crippen LogP contribution is 2.52. The standard InChI is InChI=1S/C36H22BNO3/c1-2-10-24(11-3-1)38-28-14-6-9-17-32(28)40-33-20-18-23(22-29(33)38)25-19-21-34-35-36(25)41-31-16-8-5-13-27(31)37(35)26-12-4-7-15-30(26)39-34/h1-22H. The zero-order valence-electron chi connectivity index (χ0n) is 22.0. The van der Waals surface area contributed by atoms with Crippen LogP contribution in [-0.2, 0) is 0 Å². The van der Waals surface area contributed by atoms with Gasteiger partial charge in [0, 0.05) is 16.7 Å². The molecule has 6 aromatic carbocycles. The SMILES string of the molecule is c1ccc(N2c3ccccc3Oc3ccc(-c4ccc5c6c4Oc4ccccc4B6c4ccccc4O5)cc32)cc1. The number of fused-ring (bicyclic) bond motifs is 6. The van der Waals surface area contributed by atoms with Gasteiger partial charge >= 0.3 is 0 Å². The van der Waals surface area contributed by atoms with Crippen LogP contribution >= 0.6 is 0 Å². The van der Waals surface area contributed by atoms with Crippen LogP contribution in [0.15, 0.2) is 133 Å². The Hall–Kier alpha value is -5.42. The fourth-order valence-electron chi connectivity index (χ4n) is 6.39. The molecule has 41 heavy (non-hydrogen) atoms. The lowest BCUT2D eigenvalue weighted by Crippen LogP contribution is -2.57. The molecule has 3 aliphatic heterocycles. The molecule has 0 spiro atoms. The summed E-state index contributed by atoms with van der Waals surface area (Å²) in [6, 6.07) is 45.8. The zero-order valence-corrected chi connectivity index (χ0v) is 22.0. The van der Waals surface area contributed by atoms with E-state index in [1.165, 1.54) is 0 Å². The lowest BCUT2D eigenvalue weighted by atomic mass is 9.34. The molecule has 0 aromatic heterocycles. The van der Waals surface area contributed by atoms with Crippen molar-refractivity contribution in [3.63, 3.8) is 0 Å². The Labute approximate surface area is 238 Å². The number of ether oxygens (including phenoxy) is 3. The molecule has 0 saturated carbocycles. The van der Waals surface area contributed by atoms with Crippen molar-refractivity contribution in [3.8, 4) is 45.6 Å². The summed E-state index contributed by atoms with van der Waals surface area (Å²) >= 11 is 0. The van der Waals surface area contributed by atoms with E-state index in [-0.39, 0.29) is 6.71 Å². The Kier molecular flexibility index (Phi) is 4.67. The van der Waals surface area contributed by atoms with Crippen LogP contribution in [-0.4, -0.2) is 6.71 Å². The van der Waals surface area contributed by atoms with Gasteiger partial charge in [-0.25, -0.2) is 0 Å². The molecule has 3 aliphatic rings. The van der Waals surface area contributed by atoms with Gasteiger partial charge in [-0.1, -0.05) is 72.8 Å². The van der Waals surface area contributed by atoms with Gasteiger partial charge < -0.3 is 19.1 Å². The van der Waals surface area contributed by atoms with Crippen molar-refractivity contribution in [1.82, 2.24) is 0 Å². The Morgan fingerprint density at radius 1 is 0.463 bits per heavy atom. The molecule has 0 aliphatic carbocycles. The molecule has 0 radical (unpaired) electrons. The first-order valence-electron chi connectivity index (χ1n) is 13.8. The minimum atomic E-state index is 0.0310. The highest BCUT2D eigenvalue weighted by Gasteiger charge is 2.41. The van der Waals surface area contributed by atoms with E-state index >= 15 is 0 Å². The van der Waals surface area contributed by atoms with Gasteiger partial charge in [0.15, 0.2) is 11.5 Å². The van der Waals surface area contributed by atoms with Crippen LogP contribution < -0.4 is 35.5 Å². The lowest BCUT2D eigenvalue weighted by Gasteiger charge is -2.35. The van der Waals surface area contributed by atoms with Crippen molar-refractivity contribution in [3.05, 3.63) is 133 Å². The van der Waals surface area contributed by atoms with Gasteiger partial charge in [0.25, 0.3) is 6.71 Å². The van der Waals surface area contributed by atoms with E-state index in [2.05, 4.69) is 95.9 Å². The van der Waals surface area contributed by atoms with Crippen molar-refractivity contribution in [2.24, 2.45) is 0 Å². The maximum absolute atomic E-state index is 6.71. The normalized spacial score (nSPS) is 13.4. The quantitative estimate of drug-likeness (QED) is 0.216. The molecule has 0 fully saturated rings. The molecule has 192 valence electrons. The number of para-hydroxylation sites is 5. The first-order chi connectivity index (χ1) is 20.3. The number of benzene rings is 6. The van der Waals surface area contributed by atoms with Crippen LogP contribution in [0.2, 0.25) is 0 Å². The van der Waals surface area contributed by atoms with Crippen molar-refractivity contribution in [2.45, 2.75) is 0 Å². The second-order valence-electron chi connectivity index (χ2n) is 10.5. The van der Waals surface area contributed by atoms with Crippen molar-refractivity contribution < 1.29 is 14.2 Å². The van der Waals surface area contributed by atoms with E-state index in [9.17, 15) is 0 Å². The minimum Gasteiger partial charge on any atom is -0.458 e. The number of nitrogens with zero attached hydrogens (tertiary/aromatic N) is 1. The number of rotatable bonds is 2. The number of hydrogen-bond acceptors (Lipinski definition) is 4. The third-order valence-corrected chi connectivity index (χ3v) is 8.19. The van der Waals surface area contributed by atoms with Gasteiger partial charge in [0.05, 0.1) is 11.4 Å². The summed E-state index contributed by atoms with van der Waals surface area (Å²) in [4.78, 5) is 2.26. The molecule has 0 saturated heterocycles. The van der Waals surface area contributed by atoms with Crippen LogP contribution in [0.3, 0.4) is 0 Å². The van der Waals surface area contributed by atoms with Crippen molar-refractivity contribution in [1.29, 1.82) is 0 Å². The van der Waals surface area contributed by atoms with Crippen molar-refractivity contribution in [2.75, 3.05) is 4.90 Å². The van der Waals surface area contributed by atoms with E-state index in [0.29, 0.717) is 0 Å². The fourth-order valence-corrected chi connectivity index (χ4v) is 6.39. The smallest absolute Gasteiger partial charge is 0.260 e. The monoisotopic (exact) mass is 527 g/mol. The first kappa shape index (κ1) is 22.4. The average Bonchev–Trinajstić information content (AvgIpc) is 3.03. The third-order valence-electron chi connectivity index (χ3n) is 8.19. The maximum atomic E-state index is 6.71. The summed E-state index contributed by atoms with van der Waals surface area (Å²) in [5, 5.41) is 0. The molecule has 0 atom stereocenters. The number of hydrogen-bond donors (Lipinski definition) is 0. The Morgan fingerprint density at radius 3 is 1.88 bits per heavy atom. The van der Waals surface area contributed by atoms with Gasteiger partial charge in [-0.15, -0.1) is 0 Å². The second-order valence-corrected chi connectivity index (χ2v) is 10.5. The molecule has 0 amide bonds. The summed E-state index contributed by atoms with van der Waals surface area (Å²) in [5.74, 6) is 5.08. The summed E-state index contributed by atoms with van der Waals surface area (Å²) in [6.45, 7) is 0.0310. The van der Waals surface area contributed by atoms with E-state index in [0.717, 1.165) is 79.1 Å². The van der Waals surface area contributed by atoms with Gasteiger partial charge in [-0.05, 0) is 77.2 Å². The summed E-state index contributed by atoms with van der Waals surface area (Å²) < 4.78 is 19.5. The zero-order chi connectivity index (χ0) is 26.9. The van der Waals surface area contributed by atoms with E-state index in [1.807, 2.05) is 42.5 Å². The Balaban J connectivity index is 1.25. The number of anilines is 3. The van der Waals surface area contributed by atoms with E-state index in [4.69, 9.17) is 14.2 Å². The van der Waals surface area contributed by atoms with Crippen LogP contribution in [0.4, 0.5) is 17.1 Å². The van der Waals surface area contributed by atoms with E-state index < -0.39 is 0 Å². The summed E-state index contributed by atoms with van der Waals surface area (Å²) in [6.07, 6.45) is 0. The molecule has 0 N–H and O–H groups in total. The van der Waals surface area contributed by atoms with Crippen LogP contribution in [0.25, 0.3) is 11.1 Å². The molecule has 6 aromatic rings. The summed E-state index contributed by atoms with van der Waals surface area (Å²) in [7, 11) is 0. The molecule has 0 bridgehead atoms. The van der Waals surface area contributed by atoms with Gasteiger partial charge in [-0.3, -0.25) is 0 Å². The molecule has 0 unspecified atom stereocenters. The molecule has 4 nitrogen and oxygen atoms in total. The van der Waals surface area contributed by atoms with Crippen molar-refractivity contribution >= 4 is 40.2 Å². The molecule has 3 heterocycles. The predicted octanol–water partition coefficient (Wildman–Crippen LogP) is 7.66. The fraction of sp³-hybridized carbons (Fsp3) is 0. The highest BCUT2D eigenvalue weighted by atomic mass is 16.5. The first-order valence-corrected chi connectivity index (χ1v) is 13.8. The summed E-state index contributed by atoms with van der Waals surface area (Å²) in [5.41, 5.74) is 8.49. The topological polar surface area (TPSA) is 30.9 Å². The predicted molar refractivity (Wildman–Crippen MR) is 164 cm³/mol. The highest BCUT2D eigenvalue weighted by molar-refractivity contribution is 6.98. The second kappa shape index (κ2) is 8.54. The van der Waals surface area contributed by atoms with Crippen LogP contribution in [0.5, 0.6) is 34.5 Å². The third kappa shape index (κ3) is 3.29. The maximum Gasteiger partial charge on any atom is 0.260 e. The molecule has 5 heteroatoms. The minimum absolute atomic E-state index is 0.0310. The van der Waals surface area contributed by atoms with E-state index in [1.54, 1.807) is 0 Å². The lowest BCUT2D eigenvalue weighted by molar-refractivity contribution is 0.465. The largest absolute Gasteiger partial charge is 0.458 e. The van der Waals surface area contributed by atoms with Gasteiger partial charge in [-0.2, -0.15) is 0 Å². The average molecular weight is 527 g/mol. The molecular weight excluding hydrogens is 505 g/mol. The molecule has 9 rings (SSSR count). The van der Waals surface area contributed by atoms with Crippen LogP contribution in [0, 0.1) is 0 Å².